The quantitative estimate of drug-likeness (QED) is 0.456. The van der Waals surface area contributed by atoms with Crippen LogP contribution in [0.2, 0.25) is 0 Å². The maximum Gasteiger partial charge on any atom is 0.330 e. The van der Waals surface area contributed by atoms with Crippen molar-refractivity contribution in [2.24, 2.45) is 0 Å². The van der Waals surface area contributed by atoms with Gasteiger partial charge in [0, 0.05) is 43.0 Å². The molecule has 1 aliphatic carbocycles. The Balaban J connectivity index is 1.56. The Bertz CT molecular complexity index is 745. The van der Waals surface area contributed by atoms with Gasteiger partial charge in [-0.25, -0.2) is 4.79 Å². The molecule has 1 saturated heterocycles. The molecule has 2 aliphatic rings. The Morgan fingerprint density at radius 3 is 2.52 bits per heavy atom. The molecule has 172 valence electrons. The van der Waals surface area contributed by atoms with Gasteiger partial charge in [0.15, 0.2) is 0 Å². The number of carbonyl (C=O) groups is 1. The number of nitrogens with zero attached hydrogens (tertiary/aromatic N) is 1. The van der Waals surface area contributed by atoms with Crippen molar-refractivity contribution in [1.82, 2.24) is 4.90 Å². The standard InChI is InChI=1S/C26H40N2O3/c1-5-30-23-11-15-26(4,16-12-23)28-17-13-22(14-18-28)27-24-19-20(3)7-8-21(24)9-10-25(29)31-6-2/h7-10,19,22-23,27H,5-6,11-18H2,1-4H3. The number of aryl methyl sites for hydroxylation is 1. The first kappa shape index (κ1) is 23.8. The van der Waals surface area contributed by atoms with Gasteiger partial charge < -0.3 is 14.8 Å². The third-order valence-electron chi connectivity index (χ3n) is 6.92. The van der Waals surface area contributed by atoms with Gasteiger partial charge in [0.2, 0.25) is 0 Å². The Hall–Kier alpha value is -1.85. The number of likely N-dealkylation sites (tertiary alicyclic amines) is 1. The van der Waals surface area contributed by atoms with Crippen molar-refractivity contribution in [2.45, 2.75) is 83.9 Å². The number of anilines is 1. The van der Waals surface area contributed by atoms with E-state index in [1.807, 2.05) is 13.0 Å². The lowest BCUT2D eigenvalue weighted by molar-refractivity contribution is -0.137. The first-order valence-corrected chi connectivity index (χ1v) is 12.0. The zero-order valence-corrected chi connectivity index (χ0v) is 19.8. The highest BCUT2D eigenvalue weighted by molar-refractivity contribution is 5.88. The van der Waals surface area contributed by atoms with Crippen LogP contribution in [0, 0.1) is 6.92 Å². The molecule has 5 nitrogen and oxygen atoms in total. The van der Waals surface area contributed by atoms with Gasteiger partial charge in [-0.05, 0) is 89.5 Å². The Morgan fingerprint density at radius 2 is 1.87 bits per heavy atom. The molecule has 2 fully saturated rings. The van der Waals surface area contributed by atoms with Crippen LogP contribution in [-0.4, -0.2) is 54.9 Å². The van der Waals surface area contributed by atoms with Crippen LogP contribution in [0.4, 0.5) is 5.69 Å². The Labute approximate surface area is 188 Å². The van der Waals surface area contributed by atoms with Crippen molar-refractivity contribution >= 4 is 17.7 Å². The van der Waals surface area contributed by atoms with E-state index in [1.54, 1.807) is 0 Å². The number of benzene rings is 1. The van der Waals surface area contributed by atoms with Crippen molar-refractivity contribution in [3.05, 3.63) is 35.4 Å². The number of carbonyl (C=O) groups excluding carboxylic acids is 1. The summed E-state index contributed by atoms with van der Waals surface area (Å²) in [5.74, 6) is -0.297. The van der Waals surface area contributed by atoms with Gasteiger partial charge in [0.25, 0.3) is 0 Å². The van der Waals surface area contributed by atoms with Gasteiger partial charge in [-0.15, -0.1) is 0 Å². The van der Waals surface area contributed by atoms with Gasteiger partial charge >= 0.3 is 5.97 Å². The molecule has 1 N–H and O–H groups in total. The second kappa shape index (κ2) is 11.1. The highest BCUT2D eigenvalue weighted by Gasteiger charge is 2.38. The third kappa shape index (κ3) is 6.56. The normalized spacial score (nSPS) is 25.6. The van der Waals surface area contributed by atoms with Gasteiger partial charge in [-0.3, -0.25) is 4.90 Å². The summed E-state index contributed by atoms with van der Waals surface area (Å²) in [6, 6.07) is 6.78. The lowest BCUT2D eigenvalue weighted by Crippen LogP contribution is -2.53. The lowest BCUT2D eigenvalue weighted by atomic mass is 9.79. The van der Waals surface area contributed by atoms with Crippen LogP contribution in [0.3, 0.4) is 0 Å². The molecule has 0 amide bonds. The molecule has 0 aromatic heterocycles. The molecule has 1 aliphatic heterocycles. The van der Waals surface area contributed by atoms with E-state index in [0.717, 1.165) is 43.8 Å². The molecule has 1 aromatic carbocycles. The van der Waals surface area contributed by atoms with E-state index in [-0.39, 0.29) is 5.97 Å². The molecule has 0 atom stereocenters. The smallest absolute Gasteiger partial charge is 0.330 e. The highest BCUT2D eigenvalue weighted by atomic mass is 16.5. The molecule has 3 rings (SSSR count). The summed E-state index contributed by atoms with van der Waals surface area (Å²) in [5.41, 5.74) is 3.66. The predicted molar refractivity (Wildman–Crippen MR) is 127 cm³/mol. The van der Waals surface area contributed by atoms with Crippen LogP contribution in [0.25, 0.3) is 6.08 Å². The molecule has 0 unspecified atom stereocenters. The molecular weight excluding hydrogens is 388 g/mol. The number of nitrogens with one attached hydrogen (secondary N) is 1. The topological polar surface area (TPSA) is 50.8 Å². The largest absolute Gasteiger partial charge is 0.463 e. The van der Waals surface area contributed by atoms with E-state index < -0.39 is 0 Å². The Kier molecular flexibility index (Phi) is 8.56. The first-order valence-electron chi connectivity index (χ1n) is 12.0. The molecule has 1 saturated carbocycles. The minimum atomic E-state index is -0.297. The number of piperidine rings is 1. The highest BCUT2D eigenvalue weighted by Crippen LogP contribution is 2.36. The molecule has 1 aromatic rings. The summed E-state index contributed by atoms with van der Waals surface area (Å²) in [6.07, 6.45) is 10.9. The molecule has 1 heterocycles. The maximum absolute atomic E-state index is 11.7. The average Bonchev–Trinajstić information content (AvgIpc) is 2.76. The second-order valence-corrected chi connectivity index (χ2v) is 9.23. The molecule has 31 heavy (non-hydrogen) atoms. The van der Waals surface area contributed by atoms with Gasteiger partial charge in [0.05, 0.1) is 12.7 Å². The minimum absolute atomic E-state index is 0.297. The van der Waals surface area contributed by atoms with Gasteiger partial charge in [0.1, 0.15) is 0 Å². The van der Waals surface area contributed by atoms with Crippen LogP contribution >= 0.6 is 0 Å². The zero-order chi connectivity index (χ0) is 22.3. The van der Waals surface area contributed by atoms with E-state index in [1.165, 1.54) is 37.3 Å². The second-order valence-electron chi connectivity index (χ2n) is 9.23. The minimum Gasteiger partial charge on any atom is -0.463 e. The fourth-order valence-electron chi connectivity index (χ4n) is 5.00. The summed E-state index contributed by atoms with van der Waals surface area (Å²) < 4.78 is 10.9. The summed E-state index contributed by atoms with van der Waals surface area (Å²) >= 11 is 0. The van der Waals surface area contributed by atoms with E-state index in [2.05, 4.69) is 49.2 Å². The monoisotopic (exact) mass is 428 g/mol. The summed E-state index contributed by atoms with van der Waals surface area (Å²) in [7, 11) is 0. The zero-order valence-electron chi connectivity index (χ0n) is 19.8. The van der Waals surface area contributed by atoms with Gasteiger partial charge in [-0.1, -0.05) is 12.1 Å². The summed E-state index contributed by atoms with van der Waals surface area (Å²) in [6.45, 7) is 12.0. The Morgan fingerprint density at radius 1 is 1.16 bits per heavy atom. The predicted octanol–water partition coefficient (Wildman–Crippen LogP) is 5.19. The van der Waals surface area contributed by atoms with Crippen molar-refractivity contribution in [1.29, 1.82) is 0 Å². The van der Waals surface area contributed by atoms with E-state index in [0.29, 0.717) is 24.3 Å². The molecule has 0 bridgehead atoms. The molecular formula is C26H40N2O3. The average molecular weight is 429 g/mol. The summed E-state index contributed by atoms with van der Waals surface area (Å²) in [4.78, 5) is 14.4. The SMILES string of the molecule is CCOC(=O)C=Cc1ccc(C)cc1NC1CCN(C2(C)CCC(OCC)CC2)CC1. The van der Waals surface area contributed by atoms with Crippen LogP contribution in [-0.2, 0) is 14.3 Å². The molecule has 5 heteroatoms. The number of hydrogen-bond donors (Lipinski definition) is 1. The van der Waals surface area contributed by atoms with Crippen molar-refractivity contribution < 1.29 is 14.3 Å². The lowest BCUT2D eigenvalue weighted by Gasteiger charge is -2.48. The van der Waals surface area contributed by atoms with E-state index >= 15 is 0 Å². The van der Waals surface area contributed by atoms with Crippen LogP contribution < -0.4 is 5.32 Å². The molecule has 0 radical (unpaired) electrons. The fourth-order valence-corrected chi connectivity index (χ4v) is 5.00. The number of ether oxygens (including phenoxy) is 2. The van der Waals surface area contributed by atoms with E-state index in [9.17, 15) is 4.79 Å². The van der Waals surface area contributed by atoms with E-state index in [4.69, 9.17) is 9.47 Å². The number of rotatable bonds is 8. The number of hydrogen-bond acceptors (Lipinski definition) is 5. The van der Waals surface area contributed by atoms with Crippen LogP contribution in [0.5, 0.6) is 0 Å². The van der Waals surface area contributed by atoms with Crippen LogP contribution in [0.15, 0.2) is 24.3 Å². The summed E-state index contributed by atoms with van der Waals surface area (Å²) in [5, 5.41) is 3.76. The first-order chi connectivity index (χ1) is 14.9. The van der Waals surface area contributed by atoms with Gasteiger partial charge in [-0.2, -0.15) is 0 Å². The molecule has 0 spiro atoms. The van der Waals surface area contributed by atoms with Crippen molar-refractivity contribution in [2.75, 3.05) is 31.6 Å². The maximum atomic E-state index is 11.7. The van der Waals surface area contributed by atoms with Crippen molar-refractivity contribution in [3.8, 4) is 0 Å². The van der Waals surface area contributed by atoms with Crippen molar-refractivity contribution in [3.63, 3.8) is 0 Å². The van der Waals surface area contributed by atoms with Crippen LogP contribution in [0.1, 0.15) is 70.4 Å². The third-order valence-corrected chi connectivity index (χ3v) is 6.92. The number of esters is 1. The fraction of sp³-hybridized carbons (Fsp3) is 0.654.